The molecule has 0 spiro atoms. The monoisotopic (exact) mass is 647 g/mol. The molecule has 8 rings (SSSR count). The van der Waals surface area contributed by atoms with Crippen molar-refractivity contribution in [3.63, 3.8) is 0 Å². The first-order valence-corrected chi connectivity index (χ1v) is 16.4. The predicted octanol–water partition coefficient (Wildman–Crippen LogP) is 4.54. The van der Waals surface area contributed by atoms with Gasteiger partial charge in [-0.15, -0.1) is 0 Å². The first kappa shape index (κ1) is 30.8. The Bertz CT molecular complexity index is 2110. The molecule has 9 heteroatoms. The Hall–Kier alpha value is -4.51. The van der Waals surface area contributed by atoms with E-state index in [0.717, 1.165) is 93.3 Å². The minimum atomic E-state index is -0.240. The third-order valence-electron chi connectivity index (χ3n) is 10.3. The van der Waals surface area contributed by atoms with Crippen LogP contribution in [-0.2, 0) is 52.2 Å². The zero-order chi connectivity index (χ0) is 33.1. The number of pyridine rings is 1. The fourth-order valence-electron chi connectivity index (χ4n) is 8.06. The molecule has 5 aromatic rings. The van der Waals surface area contributed by atoms with E-state index >= 15 is 0 Å². The van der Waals surface area contributed by atoms with Crippen LogP contribution in [0.4, 0.5) is 0 Å². The van der Waals surface area contributed by atoms with Crippen molar-refractivity contribution in [2.75, 3.05) is 20.8 Å². The number of methoxy groups -OCH3 is 2. The standard InChI is InChI=1S/C39H39N2O7/c1-46-35-13-22-6-8-41-16-30-21(3-4-24(17-42)39(30)47-2)12-33(41)28(22)15-36(35)48-34-14-25-11-32-37-23(5-7-40-32)9-26(18-43)31(20-45)38(37)29(25)10-27(34)19-44/h3-4,9-10,12-16,32,40,42-45H,5-8,11,17-20H2,1-2H3/q+1/t32-/m0/s1. The average Bonchev–Trinajstić information content (AvgIpc) is 3.12. The largest absolute Gasteiger partial charge is 0.495 e. The number of aliphatic hydroxyl groups excluding tert-OH is 4. The molecule has 0 amide bonds. The second kappa shape index (κ2) is 12.2. The van der Waals surface area contributed by atoms with Gasteiger partial charge >= 0.3 is 0 Å². The number of hydrogen-bond donors (Lipinski definition) is 5. The number of benzene rings is 4. The molecule has 0 fully saturated rings. The van der Waals surface area contributed by atoms with Crippen LogP contribution in [-0.4, -0.2) is 41.2 Å². The summed E-state index contributed by atoms with van der Waals surface area (Å²) in [6, 6.07) is 16.2. The molecule has 9 nitrogen and oxygen atoms in total. The fourth-order valence-corrected chi connectivity index (χ4v) is 8.06. The first-order chi connectivity index (χ1) is 23.5. The second-order valence-electron chi connectivity index (χ2n) is 12.8. The van der Waals surface area contributed by atoms with E-state index < -0.39 is 0 Å². The number of nitrogens with zero attached hydrogens (tertiary/aromatic N) is 1. The van der Waals surface area contributed by atoms with E-state index in [-0.39, 0.29) is 32.5 Å². The maximum Gasteiger partial charge on any atom is 0.213 e. The van der Waals surface area contributed by atoms with Crippen molar-refractivity contribution >= 4 is 10.8 Å². The fraction of sp³-hybridized carbons (Fsp3) is 0.308. The van der Waals surface area contributed by atoms with Crippen molar-refractivity contribution in [1.82, 2.24) is 5.32 Å². The number of aliphatic hydroxyl groups is 4. The van der Waals surface area contributed by atoms with Crippen LogP contribution in [0.25, 0.3) is 33.2 Å². The van der Waals surface area contributed by atoms with E-state index in [0.29, 0.717) is 28.6 Å². The molecule has 0 bridgehead atoms. The first-order valence-electron chi connectivity index (χ1n) is 16.4. The lowest BCUT2D eigenvalue weighted by Gasteiger charge is -2.36. The van der Waals surface area contributed by atoms with Crippen LogP contribution < -0.4 is 24.1 Å². The molecule has 5 N–H and O–H groups in total. The molecule has 3 heterocycles. The van der Waals surface area contributed by atoms with E-state index in [9.17, 15) is 20.4 Å². The molecule has 48 heavy (non-hydrogen) atoms. The van der Waals surface area contributed by atoms with Crippen LogP contribution in [0.1, 0.15) is 50.5 Å². The number of rotatable bonds is 8. The SMILES string of the molecule is COc1cc2c(cc1Oc1cc3c(cc1CO)-c1c(CO)c(CO)cc4c1[C@H](C3)NCC4)-c1cc3ccc(CO)c(OC)c3c[n+]1CC2. The zero-order valence-corrected chi connectivity index (χ0v) is 27.1. The molecule has 1 atom stereocenters. The zero-order valence-electron chi connectivity index (χ0n) is 27.1. The topological polar surface area (TPSA) is 125 Å². The van der Waals surface area contributed by atoms with Crippen LogP contribution in [0.5, 0.6) is 23.0 Å². The van der Waals surface area contributed by atoms with Gasteiger partial charge in [-0.2, -0.15) is 4.57 Å². The van der Waals surface area contributed by atoms with Crippen molar-refractivity contribution in [3.05, 3.63) is 99.2 Å². The Morgan fingerprint density at radius 3 is 2.31 bits per heavy atom. The van der Waals surface area contributed by atoms with Crippen molar-refractivity contribution in [1.29, 1.82) is 0 Å². The number of nitrogens with one attached hydrogen (secondary N) is 1. The lowest BCUT2D eigenvalue weighted by atomic mass is 9.74. The van der Waals surface area contributed by atoms with Crippen LogP contribution in [0.3, 0.4) is 0 Å². The highest BCUT2D eigenvalue weighted by molar-refractivity contribution is 5.91. The highest BCUT2D eigenvalue weighted by atomic mass is 16.5. The number of fused-ring (bicyclic) bond motifs is 6. The molecule has 246 valence electrons. The molecule has 1 aliphatic carbocycles. The summed E-state index contributed by atoms with van der Waals surface area (Å²) in [6.07, 6.45) is 4.49. The molecule has 1 aromatic heterocycles. The molecule has 0 unspecified atom stereocenters. The number of hydrogen-bond acceptors (Lipinski definition) is 8. The Balaban J connectivity index is 1.24. The van der Waals surface area contributed by atoms with E-state index in [1.54, 1.807) is 14.2 Å². The summed E-state index contributed by atoms with van der Waals surface area (Å²) in [5.41, 5.74) is 11.4. The van der Waals surface area contributed by atoms with E-state index in [2.05, 4.69) is 22.1 Å². The van der Waals surface area contributed by atoms with Gasteiger partial charge in [0.25, 0.3) is 0 Å². The summed E-state index contributed by atoms with van der Waals surface area (Å²) in [6.45, 7) is 0.943. The van der Waals surface area contributed by atoms with Crippen LogP contribution in [0.15, 0.2) is 54.7 Å². The van der Waals surface area contributed by atoms with Gasteiger partial charge in [0.1, 0.15) is 11.5 Å². The summed E-state index contributed by atoms with van der Waals surface area (Å²) in [4.78, 5) is 0. The van der Waals surface area contributed by atoms with Crippen LogP contribution in [0.2, 0.25) is 0 Å². The molecular formula is C39H39N2O7+. The van der Waals surface area contributed by atoms with Crippen molar-refractivity contribution in [2.45, 2.75) is 58.3 Å². The molecule has 0 radical (unpaired) electrons. The van der Waals surface area contributed by atoms with Gasteiger partial charge in [-0.1, -0.05) is 18.2 Å². The number of aromatic nitrogens is 1. The maximum atomic E-state index is 10.6. The van der Waals surface area contributed by atoms with Gasteiger partial charge in [0.15, 0.2) is 24.2 Å². The normalized spacial score (nSPS) is 15.8. The quantitative estimate of drug-likeness (QED) is 0.156. The summed E-state index contributed by atoms with van der Waals surface area (Å²) in [5, 5.41) is 46.7. The van der Waals surface area contributed by atoms with Gasteiger partial charge in [0.05, 0.1) is 51.6 Å². The summed E-state index contributed by atoms with van der Waals surface area (Å²) >= 11 is 0. The smallest absolute Gasteiger partial charge is 0.213 e. The van der Waals surface area contributed by atoms with Crippen molar-refractivity contribution in [3.8, 4) is 45.4 Å². The third kappa shape index (κ3) is 4.76. The highest BCUT2D eigenvalue weighted by Crippen LogP contribution is 2.48. The van der Waals surface area contributed by atoms with Crippen molar-refractivity contribution in [2.24, 2.45) is 0 Å². The lowest BCUT2D eigenvalue weighted by Crippen LogP contribution is -2.40. The summed E-state index contributed by atoms with van der Waals surface area (Å²) < 4.78 is 20.4. The van der Waals surface area contributed by atoms with Gasteiger partial charge in [0.2, 0.25) is 5.69 Å². The number of ether oxygens (including phenoxy) is 3. The molecule has 0 saturated heterocycles. The predicted molar refractivity (Wildman–Crippen MR) is 180 cm³/mol. The molecular weight excluding hydrogens is 608 g/mol. The lowest BCUT2D eigenvalue weighted by molar-refractivity contribution is -0.686. The minimum Gasteiger partial charge on any atom is -0.495 e. The molecule has 4 aromatic carbocycles. The van der Waals surface area contributed by atoms with Gasteiger partial charge in [-0.3, -0.25) is 0 Å². The van der Waals surface area contributed by atoms with E-state index in [4.69, 9.17) is 14.2 Å². The van der Waals surface area contributed by atoms with Crippen molar-refractivity contribution < 1.29 is 39.2 Å². The number of aryl methyl sites for hydroxylation is 2. The Kier molecular flexibility index (Phi) is 7.82. The maximum absolute atomic E-state index is 10.6. The molecule has 0 saturated carbocycles. The Morgan fingerprint density at radius 2 is 1.56 bits per heavy atom. The van der Waals surface area contributed by atoms with E-state index in [1.165, 1.54) is 11.1 Å². The van der Waals surface area contributed by atoms with E-state index in [1.807, 2.05) is 42.5 Å². The third-order valence-corrected chi connectivity index (χ3v) is 10.3. The summed E-state index contributed by atoms with van der Waals surface area (Å²) in [5.74, 6) is 2.37. The van der Waals surface area contributed by atoms with Gasteiger partial charge in [0, 0.05) is 29.7 Å². The highest BCUT2D eigenvalue weighted by Gasteiger charge is 2.34. The molecule has 3 aliphatic rings. The Labute approximate surface area is 278 Å². The second-order valence-corrected chi connectivity index (χ2v) is 12.8. The minimum absolute atomic E-state index is 0.0795. The van der Waals surface area contributed by atoms with Crippen LogP contribution >= 0.6 is 0 Å². The van der Waals surface area contributed by atoms with Gasteiger partial charge < -0.3 is 40.0 Å². The summed E-state index contributed by atoms with van der Waals surface area (Å²) in [7, 11) is 3.26. The average molecular weight is 648 g/mol. The Morgan fingerprint density at radius 1 is 0.750 bits per heavy atom. The van der Waals surface area contributed by atoms with Gasteiger partial charge in [-0.25, -0.2) is 0 Å². The van der Waals surface area contributed by atoms with Crippen LogP contribution in [0, 0.1) is 0 Å². The van der Waals surface area contributed by atoms with Gasteiger partial charge in [-0.05, 0) is 93.5 Å². The molecule has 2 aliphatic heterocycles.